The van der Waals surface area contributed by atoms with Crippen molar-refractivity contribution in [1.29, 1.82) is 0 Å². The van der Waals surface area contributed by atoms with Gasteiger partial charge in [-0.1, -0.05) is 0 Å². The van der Waals surface area contributed by atoms with Crippen molar-refractivity contribution in [3.63, 3.8) is 0 Å². The Hall–Kier alpha value is -1.05. The second-order valence-corrected chi connectivity index (χ2v) is 3.27. The van der Waals surface area contributed by atoms with Gasteiger partial charge in [0.15, 0.2) is 0 Å². The number of alkyl halides is 2. The number of rotatable bonds is 7. The topological polar surface area (TPSA) is 59.3 Å². The number of nitrogens with zero attached hydrogens (tertiary/aromatic N) is 2. The van der Waals surface area contributed by atoms with Gasteiger partial charge in [0.2, 0.25) is 0 Å². The van der Waals surface area contributed by atoms with E-state index in [1.807, 2.05) is 0 Å². The van der Waals surface area contributed by atoms with Crippen LogP contribution in [-0.4, -0.2) is 41.0 Å². The average molecular weight is 235 g/mol. The van der Waals surface area contributed by atoms with Crippen LogP contribution in [0.15, 0.2) is 12.4 Å². The maximum Gasteiger partial charge on any atom is 0.319 e. The molecular weight excluding hydrogens is 220 g/mol. The molecule has 1 aromatic rings. The monoisotopic (exact) mass is 235 g/mol. The number of nitrogens with one attached hydrogen (secondary N) is 1. The molecule has 0 aliphatic heterocycles. The Morgan fingerprint density at radius 1 is 1.62 bits per heavy atom. The number of ether oxygens (including phenoxy) is 1. The van der Waals surface area contributed by atoms with E-state index in [0.29, 0.717) is 0 Å². The summed E-state index contributed by atoms with van der Waals surface area (Å²) in [6.07, 6.45) is 1.88. The molecule has 0 bridgehead atoms. The Balaban J connectivity index is 2.34. The minimum atomic E-state index is -2.59. The van der Waals surface area contributed by atoms with Gasteiger partial charge in [0.05, 0.1) is 19.3 Å². The van der Waals surface area contributed by atoms with E-state index in [2.05, 4.69) is 10.3 Å². The number of hydrogen-bond donors (Lipinski definition) is 2. The highest BCUT2D eigenvalue weighted by Crippen LogP contribution is 2.11. The molecule has 16 heavy (non-hydrogen) atoms. The van der Waals surface area contributed by atoms with Crippen molar-refractivity contribution in [2.75, 3.05) is 20.3 Å². The summed E-state index contributed by atoms with van der Waals surface area (Å²) in [5.41, 5.74) is 0. The van der Waals surface area contributed by atoms with E-state index < -0.39 is 12.7 Å². The Morgan fingerprint density at radius 2 is 2.38 bits per heavy atom. The van der Waals surface area contributed by atoms with E-state index in [4.69, 9.17) is 4.74 Å². The summed E-state index contributed by atoms with van der Waals surface area (Å²) in [6, 6.07) is 0. The van der Waals surface area contributed by atoms with Crippen LogP contribution in [0, 0.1) is 0 Å². The van der Waals surface area contributed by atoms with Crippen molar-refractivity contribution >= 4 is 0 Å². The lowest BCUT2D eigenvalue weighted by molar-refractivity contribution is 0.0607. The zero-order chi connectivity index (χ0) is 12.0. The van der Waals surface area contributed by atoms with Gasteiger partial charge >= 0.3 is 6.55 Å². The van der Waals surface area contributed by atoms with E-state index in [-0.39, 0.29) is 25.5 Å². The van der Waals surface area contributed by atoms with Crippen molar-refractivity contribution in [2.45, 2.75) is 19.2 Å². The smallest absolute Gasteiger partial charge is 0.319 e. The van der Waals surface area contributed by atoms with Gasteiger partial charge < -0.3 is 15.2 Å². The first-order valence-corrected chi connectivity index (χ1v) is 4.82. The van der Waals surface area contributed by atoms with Crippen molar-refractivity contribution in [3.05, 3.63) is 18.2 Å². The van der Waals surface area contributed by atoms with Crippen LogP contribution in [0.25, 0.3) is 0 Å². The molecule has 0 saturated heterocycles. The third-order valence-electron chi connectivity index (χ3n) is 1.98. The minimum absolute atomic E-state index is 0.179. The van der Waals surface area contributed by atoms with E-state index >= 15 is 0 Å². The number of imidazole rings is 1. The number of aromatic nitrogens is 2. The molecule has 0 aliphatic rings. The van der Waals surface area contributed by atoms with E-state index in [1.54, 1.807) is 0 Å². The van der Waals surface area contributed by atoms with Crippen LogP contribution in [0.1, 0.15) is 12.4 Å². The largest absolute Gasteiger partial charge is 0.389 e. The molecule has 7 heteroatoms. The number of halogens is 2. The number of hydrogen-bond acceptors (Lipinski definition) is 4. The molecule has 0 amide bonds. The first-order chi connectivity index (χ1) is 7.65. The summed E-state index contributed by atoms with van der Waals surface area (Å²) in [5, 5.41) is 12.1. The standard InChI is InChI=1S/C9H15F2N3O2/c1-16-6-7(15)4-12-5-8-13-2-3-14(8)9(10)11/h2-3,7,9,12,15H,4-6H2,1H3. The highest BCUT2D eigenvalue weighted by atomic mass is 19.3. The van der Waals surface area contributed by atoms with Gasteiger partial charge in [-0.2, -0.15) is 8.78 Å². The van der Waals surface area contributed by atoms with Gasteiger partial charge in [0, 0.05) is 26.0 Å². The molecule has 92 valence electrons. The molecule has 0 aliphatic carbocycles. The zero-order valence-electron chi connectivity index (χ0n) is 8.94. The fourth-order valence-electron chi connectivity index (χ4n) is 1.26. The van der Waals surface area contributed by atoms with Crippen LogP contribution in [0.5, 0.6) is 0 Å². The number of aliphatic hydroxyl groups is 1. The fraction of sp³-hybridized carbons (Fsp3) is 0.667. The van der Waals surface area contributed by atoms with Crippen molar-refractivity contribution in [3.8, 4) is 0 Å². The third-order valence-corrected chi connectivity index (χ3v) is 1.98. The van der Waals surface area contributed by atoms with Crippen LogP contribution in [0.3, 0.4) is 0 Å². The predicted octanol–water partition coefficient (Wildman–Crippen LogP) is 0.375. The van der Waals surface area contributed by atoms with Gasteiger partial charge in [0.25, 0.3) is 0 Å². The van der Waals surface area contributed by atoms with Crippen molar-refractivity contribution in [2.24, 2.45) is 0 Å². The molecular formula is C9H15F2N3O2. The molecule has 1 heterocycles. The SMILES string of the molecule is COCC(O)CNCc1nccn1C(F)F. The van der Waals surface area contributed by atoms with E-state index in [1.165, 1.54) is 19.5 Å². The first kappa shape index (κ1) is 13.0. The first-order valence-electron chi connectivity index (χ1n) is 4.82. The fourth-order valence-corrected chi connectivity index (χ4v) is 1.26. The second kappa shape index (κ2) is 6.51. The molecule has 0 radical (unpaired) electrons. The second-order valence-electron chi connectivity index (χ2n) is 3.27. The predicted molar refractivity (Wildman–Crippen MR) is 53.1 cm³/mol. The van der Waals surface area contributed by atoms with Crippen LogP contribution in [0.2, 0.25) is 0 Å². The molecule has 1 aromatic heterocycles. The van der Waals surface area contributed by atoms with Gasteiger partial charge in [-0.15, -0.1) is 0 Å². The molecule has 1 rings (SSSR count). The van der Waals surface area contributed by atoms with Crippen LogP contribution in [0.4, 0.5) is 8.78 Å². The van der Waals surface area contributed by atoms with Crippen LogP contribution >= 0.6 is 0 Å². The molecule has 0 spiro atoms. The molecule has 0 fully saturated rings. The van der Waals surface area contributed by atoms with Crippen LogP contribution < -0.4 is 5.32 Å². The molecule has 0 saturated carbocycles. The Labute approximate surface area is 92.0 Å². The molecule has 0 aromatic carbocycles. The average Bonchev–Trinajstić information content (AvgIpc) is 2.66. The number of aliphatic hydroxyl groups excluding tert-OH is 1. The maximum atomic E-state index is 12.4. The van der Waals surface area contributed by atoms with Gasteiger partial charge in [-0.3, -0.25) is 4.57 Å². The summed E-state index contributed by atoms with van der Waals surface area (Å²) in [7, 11) is 1.48. The lowest BCUT2D eigenvalue weighted by Crippen LogP contribution is -2.30. The van der Waals surface area contributed by atoms with Gasteiger partial charge in [0.1, 0.15) is 5.82 Å². The number of methoxy groups -OCH3 is 1. The highest BCUT2D eigenvalue weighted by molar-refractivity contribution is 4.92. The van der Waals surface area contributed by atoms with Crippen molar-refractivity contribution < 1.29 is 18.6 Å². The third kappa shape index (κ3) is 3.84. The summed E-state index contributed by atoms with van der Waals surface area (Å²) in [5.74, 6) is 0.236. The minimum Gasteiger partial charge on any atom is -0.389 e. The van der Waals surface area contributed by atoms with Crippen LogP contribution in [-0.2, 0) is 11.3 Å². The van der Waals surface area contributed by atoms with E-state index in [0.717, 1.165) is 4.57 Å². The lowest BCUT2D eigenvalue weighted by atomic mass is 10.4. The molecule has 1 unspecified atom stereocenters. The molecule has 1 atom stereocenters. The van der Waals surface area contributed by atoms with Crippen molar-refractivity contribution in [1.82, 2.24) is 14.9 Å². The maximum absolute atomic E-state index is 12.4. The Kier molecular flexibility index (Phi) is 5.30. The van der Waals surface area contributed by atoms with E-state index in [9.17, 15) is 13.9 Å². The summed E-state index contributed by atoms with van der Waals surface area (Å²) < 4.78 is 30.3. The highest BCUT2D eigenvalue weighted by Gasteiger charge is 2.11. The summed E-state index contributed by atoms with van der Waals surface area (Å²) in [4.78, 5) is 3.79. The van der Waals surface area contributed by atoms with Gasteiger partial charge in [-0.25, -0.2) is 4.98 Å². The molecule has 2 N–H and O–H groups in total. The summed E-state index contributed by atoms with van der Waals surface area (Å²) in [6.45, 7) is -1.94. The molecule has 5 nitrogen and oxygen atoms in total. The zero-order valence-corrected chi connectivity index (χ0v) is 8.94. The Bertz CT molecular complexity index is 307. The lowest BCUT2D eigenvalue weighted by Gasteiger charge is -2.11. The normalized spacial score (nSPS) is 13.3. The van der Waals surface area contributed by atoms with Gasteiger partial charge in [-0.05, 0) is 0 Å². The summed E-state index contributed by atoms with van der Waals surface area (Å²) >= 11 is 0. The Morgan fingerprint density at radius 3 is 3.00 bits per heavy atom. The quantitative estimate of drug-likeness (QED) is 0.717.